The Morgan fingerprint density at radius 2 is 2.07 bits per heavy atom. The number of fused-ring (bicyclic) bond motifs is 3. The molecule has 0 aliphatic carbocycles. The number of H-pyrrole nitrogens is 1. The van der Waals surface area contributed by atoms with Crippen molar-refractivity contribution in [3.05, 3.63) is 42.0 Å². The van der Waals surface area contributed by atoms with E-state index in [4.69, 9.17) is 0 Å². The fourth-order valence-electron chi connectivity index (χ4n) is 1.68. The first-order chi connectivity index (χ1) is 6.95. The molecule has 0 bridgehead atoms. The number of nitrogens with one attached hydrogen (secondary N) is 2. The molecule has 0 atom stereocenters. The van der Waals surface area contributed by atoms with Crippen LogP contribution in [0.3, 0.4) is 0 Å². The topological polar surface area (TPSA) is 40.7 Å². The summed E-state index contributed by atoms with van der Waals surface area (Å²) in [5.41, 5.74) is 4.34. The average molecular weight is 183 g/mol. The predicted molar refractivity (Wildman–Crippen MR) is 57.3 cm³/mol. The minimum Gasteiger partial charge on any atom is -0.368 e. The van der Waals surface area contributed by atoms with Crippen molar-refractivity contribution in [3.63, 3.8) is 0 Å². The van der Waals surface area contributed by atoms with Gasteiger partial charge in [-0.05, 0) is 24.3 Å². The Morgan fingerprint density at radius 1 is 1.14 bits per heavy atom. The van der Waals surface area contributed by atoms with Crippen LogP contribution in [0.15, 0.2) is 30.7 Å². The molecule has 0 aromatic carbocycles. The number of hydrogen-bond acceptors (Lipinski definition) is 2. The molecule has 14 heavy (non-hydrogen) atoms. The Balaban J connectivity index is 2.41. The van der Waals surface area contributed by atoms with E-state index in [0.717, 1.165) is 22.3 Å². The fourth-order valence-corrected chi connectivity index (χ4v) is 1.68. The number of pyridine rings is 1. The number of nitrogens with zero attached hydrogens (tertiary/aromatic N) is 1. The van der Waals surface area contributed by atoms with E-state index in [9.17, 15) is 0 Å². The van der Waals surface area contributed by atoms with Gasteiger partial charge < -0.3 is 10.3 Å². The van der Waals surface area contributed by atoms with Gasteiger partial charge in [0.2, 0.25) is 0 Å². The highest BCUT2D eigenvalue weighted by molar-refractivity contribution is 5.90. The normalized spacial score (nSPS) is 13.7. The predicted octanol–water partition coefficient (Wildman–Crippen LogP) is 2.11. The van der Waals surface area contributed by atoms with Crippen molar-refractivity contribution in [1.82, 2.24) is 15.3 Å². The zero-order valence-electron chi connectivity index (χ0n) is 7.49. The highest BCUT2D eigenvalue weighted by Crippen LogP contribution is 2.23. The van der Waals surface area contributed by atoms with Gasteiger partial charge in [0.05, 0.1) is 11.0 Å². The van der Waals surface area contributed by atoms with Gasteiger partial charge in [0.25, 0.3) is 0 Å². The molecule has 1 aliphatic rings. The monoisotopic (exact) mass is 183 g/mol. The summed E-state index contributed by atoms with van der Waals surface area (Å²) in [4.78, 5) is 7.67. The lowest BCUT2D eigenvalue weighted by Crippen LogP contribution is -1.87. The Labute approximate surface area is 81.2 Å². The van der Waals surface area contributed by atoms with E-state index in [1.165, 1.54) is 0 Å². The van der Waals surface area contributed by atoms with E-state index in [1.54, 1.807) is 0 Å². The molecule has 3 nitrogen and oxygen atoms in total. The summed E-state index contributed by atoms with van der Waals surface area (Å²) in [6, 6.07) is 3.97. The fraction of sp³-hybridized carbons (Fsp3) is 0. The molecule has 3 heterocycles. The first kappa shape index (κ1) is 7.38. The summed E-state index contributed by atoms with van der Waals surface area (Å²) < 4.78 is 0. The number of aromatic amines is 1. The molecule has 0 fully saturated rings. The van der Waals surface area contributed by atoms with Gasteiger partial charge in [-0.3, -0.25) is 4.98 Å². The van der Waals surface area contributed by atoms with Crippen molar-refractivity contribution in [2.45, 2.75) is 0 Å². The Morgan fingerprint density at radius 3 is 3.07 bits per heavy atom. The average Bonchev–Trinajstić information content (AvgIpc) is 2.42. The standard InChI is InChI=1S/C11H9N3/c1-2-10-11(13-5-1)8-3-6-12-7-4-9(8)14-10/h1-7,12,14H. The second-order valence-electron chi connectivity index (χ2n) is 3.19. The van der Waals surface area contributed by atoms with Crippen LogP contribution in [0, 0.1) is 0 Å². The summed E-state index contributed by atoms with van der Waals surface area (Å²) in [5.74, 6) is 0. The van der Waals surface area contributed by atoms with Gasteiger partial charge in [0.15, 0.2) is 0 Å². The van der Waals surface area contributed by atoms with Crippen LogP contribution in [-0.2, 0) is 0 Å². The molecule has 2 N–H and O–H groups in total. The Kier molecular flexibility index (Phi) is 1.44. The first-order valence-electron chi connectivity index (χ1n) is 4.51. The zero-order valence-corrected chi connectivity index (χ0v) is 7.49. The third kappa shape index (κ3) is 0.956. The van der Waals surface area contributed by atoms with E-state index in [-0.39, 0.29) is 0 Å². The summed E-state index contributed by atoms with van der Waals surface area (Å²) >= 11 is 0. The van der Waals surface area contributed by atoms with Gasteiger partial charge in [-0.15, -0.1) is 0 Å². The van der Waals surface area contributed by atoms with E-state index >= 15 is 0 Å². The van der Waals surface area contributed by atoms with Gasteiger partial charge in [-0.1, -0.05) is 0 Å². The molecule has 3 rings (SSSR count). The van der Waals surface area contributed by atoms with Gasteiger partial charge in [0, 0.05) is 29.9 Å². The molecule has 2 aromatic rings. The third-order valence-corrected chi connectivity index (χ3v) is 2.31. The van der Waals surface area contributed by atoms with Gasteiger partial charge in [0.1, 0.15) is 0 Å². The van der Waals surface area contributed by atoms with Crippen LogP contribution in [0.2, 0.25) is 0 Å². The molecule has 0 spiro atoms. The Bertz CT molecular complexity index is 534. The minimum atomic E-state index is 1.02. The molecule has 3 heteroatoms. The number of aromatic nitrogens is 2. The van der Waals surface area contributed by atoms with E-state index in [2.05, 4.69) is 15.3 Å². The van der Waals surface area contributed by atoms with Crippen molar-refractivity contribution in [3.8, 4) is 0 Å². The van der Waals surface area contributed by atoms with Gasteiger partial charge in [-0.2, -0.15) is 0 Å². The second kappa shape index (κ2) is 2.73. The number of rotatable bonds is 0. The maximum Gasteiger partial charge on any atom is 0.0958 e. The van der Waals surface area contributed by atoms with Gasteiger partial charge >= 0.3 is 0 Å². The molecule has 0 radical (unpaired) electrons. The van der Waals surface area contributed by atoms with Crippen LogP contribution in [-0.4, -0.2) is 9.97 Å². The van der Waals surface area contributed by atoms with Crippen LogP contribution in [0.1, 0.15) is 11.3 Å². The zero-order chi connectivity index (χ0) is 9.38. The van der Waals surface area contributed by atoms with Gasteiger partial charge in [-0.25, -0.2) is 0 Å². The summed E-state index contributed by atoms with van der Waals surface area (Å²) in [6.45, 7) is 0. The lowest BCUT2D eigenvalue weighted by Gasteiger charge is -1.89. The second-order valence-corrected chi connectivity index (χ2v) is 3.19. The third-order valence-electron chi connectivity index (χ3n) is 2.31. The lowest BCUT2D eigenvalue weighted by molar-refractivity contribution is 1.22. The maximum atomic E-state index is 4.35. The van der Waals surface area contributed by atoms with Crippen LogP contribution in [0.25, 0.3) is 23.2 Å². The SMILES string of the molecule is C1=Cc2[nH]c3cccnc3c2C=CN1. The van der Waals surface area contributed by atoms with E-state index in [1.807, 2.05) is 42.9 Å². The summed E-state index contributed by atoms with van der Waals surface area (Å²) in [7, 11) is 0. The molecular weight excluding hydrogens is 174 g/mol. The van der Waals surface area contributed by atoms with Crippen LogP contribution < -0.4 is 5.32 Å². The first-order valence-corrected chi connectivity index (χ1v) is 4.51. The smallest absolute Gasteiger partial charge is 0.0958 e. The van der Waals surface area contributed by atoms with Crippen LogP contribution in [0.5, 0.6) is 0 Å². The summed E-state index contributed by atoms with van der Waals surface area (Å²) in [6.07, 6.45) is 9.66. The summed E-state index contributed by atoms with van der Waals surface area (Å²) in [5, 5.41) is 3.04. The lowest BCUT2D eigenvalue weighted by atomic mass is 10.2. The van der Waals surface area contributed by atoms with Crippen molar-refractivity contribution in [2.75, 3.05) is 0 Å². The van der Waals surface area contributed by atoms with E-state index < -0.39 is 0 Å². The highest BCUT2D eigenvalue weighted by atomic mass is 14.8. The van der Waals surface area contributed by atoms with Crippen molar-refractivity contribution < 1.29 is 0 Å². The molecule has 0 unspecified atom stereocenters. The largest absolute Gasteiger partial charge is 0.368 e. The van der Waals surface area contributed by atoms with Crippen molar-refractivity contribution >= 4 is 23.2 Å². The molecular formula is C11H9N3. The quantitative estimate of drug-likeness (QED) is 0.656. The molecule has 0 saturated heterocycles. The Hall–Kier alpha value is -2.03. The molecule has 2 aromatic heterocycles. The number of hydrogen-bond donors (Lipinski definition) is 2. The van der Waals surface area contributed by atoms with Crippen molar-refractivity contribution in [1.29, 1.82) is 0 Å². The molecule has 0 amide bonds. The molecule has 1 aliphatic heterocycles. The van der Waals surface area contributed by atoms with Crippen molar-refractivity contribution in [2.24, 2.45) is 0 Å². The minimum absolute atomic E-state index is 1.02. The maximum absolute atomic E-state index is 4.35. The van der Waals surface area contributed by atoms with E-state index in [0.29, 0.717) is 0 Å². The highest BCUT2D eigenvalue weighted by Gasteiger charge is 2.08. The van der Waals surface area contributed by atoms with Crippen LogP contribution >= 0.6 is 0 Å². The molecule has 68 valence electrons. The van der Waals surface area contributed by atoms with Crippen LogP contribution in [0.4, 0.5) is 0 Å². The molecule has 0 saturated carbocycles.